The Kier molecular flexibility index (Phi) is 7.80. The van der Waals surface area contributed by atoms with Crippen LogP contribution in [0.3, 0.4) is 0 Å². The molecule has 0 aliphatic rings. The first kappa shape index (κ1) is 21.7. The maximum absolute atomic E-state index is 12.2. The molecule has 0 bridgehead atoms. The van der Waals surface area contributed by atoms with Crippen LogP contribution in [0.4, 0.5) is 13.2 Å². The standard InChI is InChI=1S/C20H24F3N3O2/c1-26(14-20(21,22)23)12-4-10-24-18(27)9-11-25-19(28)17-8-7-15-5-2-3-6-16(15)13-17/h2-3,5-8,13H,4,9-12,14H2,1H3,(H,24,27)(H,25,28). The lowest BCUT2D eigenvalue weighted by Gasteiger charge is -2.18. The number of fused-ring (bicyclic) bond motifs is 1. The Morgan fingerprint density at radius 3 is 2.43 bits per heavy atom. The molecule has 2 N–H and O–H groups in total. The fourth-order valence-electron chi connectivity index (χ4n) is 2.77. The zero-order chi connectivity index (χ0) is 20.6. The van der Waals surface area contributed by atoms with Crippen molar-refractivity contribution in [1.29, 1.82) is 0 Å². The summed E-state index contributed by atoms with van der Waals surface area (Å²) in [4.78, 5) is 25.1. The normalized spacial score (nSPS) is 11.6. The van der Waals surface area contributed by atoms with Crippen molar-refractivity contribution in [2.45, 2.75) is 19.0 Å². The molecule has 2 rings (SSSR count). The molecule has 5 nitrogen and oxygen atoms in total. The van der Waals surface area contributed by atoms with E-state index in [1.165, 1.54) is 7.05 Å². The lowest BCUT2D eigenvalue weighted by atomic mass is 10.1. The Bertz CT molecular complexity index is 809. The van der Waals surface area contributed by atoms with Gasteiger partial charge in [0.05, 0.1) is 6.54 Å². The second-order valence-corrected chi connectivity index (χ2v) is 6.62. The molecule has 2 aromatic carbocycles. The summed E-state index contributed by atoms with van der Waals surface area (Å²) in [5.74, 6) is -0.510. The molecule has 8 heteroatoms. The van der Waals surface area contributed by atoms with Crippen LogP contribution in [0.2, 0.25) is 0 Å². The molecule has 0 fully saturated rings. The van der Waals surface area contributed by atoms with Gasteiger partial charge in [-0.05, 0) is 42.9 Å². The highest BCUT2D eigenvalue weighted by Crippen LogP contribution is 2.16. The largest absolute Gasteiger partial charge is 0.401 e. The maximum atomic E-state index is 12.2. The summed E-state index contributed by atoms with van der Waals surface area (Å²) in [5, 5.41) is 7.34. The third kappa shape index (κ3) is 7.56. The highest BCUT2D eigenvalue weighted by Gasteiger charge is 2.28. The van der Waals surface area contributed by atoms with Gasteiger partial charge in [-0.3, -0.25) is 14.5 Å². The van der Waals surface area contributed by atoms with E-state index in [2.05, 4.69) is 10.6 Å². The minimum absolute atomic E-state index is 0.109. The van der Waals surface area contributed by atoms with E-state index in [-0.39, 0.29) is 31.3 Å². The summed E-state index contributed by atoms with van der Waals surface area (Å²) in [6, 6.07) is 13.1. The third-order valence-corrected chi connectivity index (χ3v) is 4.14. The van der Waals surface area contributed by atoms with Gasteiger partial charge >= 0.3 is 6.18 Å². The van der Waals surface area contributed by atoms with Crippen LogP contribution in [0.15, 0.2) is 42.5 Å². The van der Waals surface area contributed by atoms with Crippen LogP contribution < -0.4 is 10.6 Å². The molecule has 152 valence electrons. The summed E-state index contributed by atoms with van der Waals surface area (Å²) < 4.78 is 36.6. The van der Waals surface area contributed by atoms with E-state index in [1.54, 1.807) is 12.1 Å². The molecule has 0 spiro atoms. The molecule has 0 heterocycles. The Labute approximate surface area is 161 Å². The van der Waals surface area contributed by atoms with E-state index in [1.807, 2.05) is 30.3 Å². The molecule has 2 aromatic rings. The van der Waals surface area contributed by atoms with Crippen LogP contribution in [0.1, 0.15) is 23.2 Å². The molecule has 28 heavy (non-hydrogen) atoms. The number of nitrogens with zero attached hydrogens (tertiary/aromatic N) is 1. The van der Waals surface area contributed by atoms with Crippen molar-refractivity contribution < 1.29 is 22.8 Å². The first-order valence-electron chi connectivity index (χ1n) is 9.03. The summed E-state index contributed by atoms with van der Waals surface area (Å²) in [6.45, 7) is -0.259. The lowest BCUT2D eigenvalue weighted by Crippen LogP contribution is -2.34. The zero-order valence-corrected chi connectivity index (χ0v) is 15.7. The quantitative estimate of drug-likeness (QED) is 0.642. The summed E-state index contributed by atoms with van der Waals surface area (Å²) in [5.41, 5.74) is 0.520. The first-order chi connectivity index (χ1) is 13.2. The molecule has 0 aromatic heterocycles. The fourth-order valence-corrected chi connectivity index (χ4v) is 2.77. The Balaban J connectivity index is 1.64. The van der Waals surface area contributed by atoms with Crippen molar-refractivity contribution in [2.75, 3.05) is 33.2 Å². The lowest BCUT2D eigenvalue weighted by molar-refractivity contribution is -0.143. The predicted octanol–water partition coefficient (Wildman–Crippen LogP) is 2.96. The van der Waals surface area contributed by atoms with Crippen LogP contribution in [0, 0.1) is 0 Å². The molecular formula is C20H24F3N3O2. The monoisotopic (exact) mass is 395 g/mol. The van der Waals surface area contributed by atoms with Gasteiger partial charge in [0.1, 0.15) is 0 Å². The number of carbonyl (C=O) groups is 2. The van der Waals surface area contributed by atoms with E-state index in [0.717, 1.165) is 15.7 Å². The third-order valence-electron chi connectivity index (χ3n) is 4.14. The number of amides is 2. The van der Waals surface area contributed by atoms with E-state index in [4.69, 9.17) is 0 Å². The number of hydrogen-bond donors (Lipinski definition) is 2. The number of benzene rings is 2. The summed E-state index contributed by atoms with van der Waals surface area (Å²) in [6.07, 6.45) is -3.69. The topological polar surface area (TPSA) is 61.4 Å². The van der Waals surface area contributed by atoms with Gasteiger partial charge in [0.25, 0.3) is 5.91 Å². The van der Waals surface area contributed by atoms with Crippen molar-refractivity contribution in [1.82, 2.24) is 15.5 Å². The molecular weight excluding hydrogens is 371 g/mol. The molecule has 2 amide bonds. The van der Waals surface area contributed by atoms with Crippen molar-refractivity contribution >= 4 is 22.6 Å². The van der Waals surface area contributed by atoms with E-state index >= 15 is 0 Å². The highest BCUT2D eigenvalue weighted by atomic mass is 19.4. The smallest absolute Gasteiger partial charge is 0.356 e. The van der Waals surface area contributed by atoms with Crippen LogP contribution in [0.5, 0.6) is 0 Å². The van der Waals surface area contributed by atoms with Crippen molar-refractivity contribution in [3.63, 3.8) is 0 Å². The molecule has 0 radical (unpaired) electrons. The zero-order valence-electron chi connectivity index (χ0n) is 15.7. The van der Waals surface area contributed by atoms with Crippen molar-refractivity contribution in [3.8, 4) is 0 Å². The van der Waals surface area contributed by atoms with Gasteiger partial charge in [-0.15, -0.1) is 0 Å². The van der Waals surface area contributed by atoms with Gasteiger partial charge in [0.15, 0.2) is 0 Å². The van der Waals surface area contributed by atoms with Crippen LogP contribution in [0.25, 0.3) is 10.8 Å². The van der Waals surface area contributed by atoms with Gasteiger partial charge in [0, 0.05) is 25.1 Å². The number of hydrogen-bond acceptors (Lipinski definition) is 3. The number of carbonyl (C=O) groups excluding carboxylic acids is 2. The molecule has 0 saturated carbocycles. The Morgan fingerprint density at radius 1 is 1.00 bits per heavy atom. The number of halogens is 3. The van der Waals surface area contributed by atoms with Gasteiger partial charge in [-0.25, -0.2) is 0 Å². The average Bonchev–Trinajstić information content (AvgIpc) is 2.63. The first-order valence-corrected chi connectivity index (χ1v) is 9.03. The molecule has 0 unspecified atom stereocenters. The molecule has 0 aliphatic heterocycles. The van der Waals surface area contributed by atoms with Gasteiger partial charge < -0.3 is 10.6 Å². The van der Waals surface area contributed by atoms with E-state index < -0.39 is 12.7 Å². The molecule has 0 aliphatic carbocycles. The molecule has 0 atom stereocenters. The van der Waals surface area contributed by atoms with Crippen molar-refractivity contribution in [3.05, 3.63) is 48.0 Å². The van der Waals surface area contributed by atoms with Gasteiger partial charge in [-0.2, -0.15) is 13.2 Å². The SMILES string of the molecule is CN(CCCNC(=O)CCNC(=O)c1ccc2ccccc2c1)CC(F)(F)F. The van der Waals surface area contributed by atoms with Crippen molar-refractivity contribution in [2.24, 2.45) is 0 Å². The summed E-state index contributed by atoms with van der Waals surface area (Å²) >= 11 is 0. The number of rotatable bonds is 9. The second-order valence-electron chi connectivity index (χ2n) is 6.62. The number of alkyl halides is 3. The van der Waals surface area contributed by atoms with Crippen LogP contribution >= 0.6 is 0 Å². The van der Waals surface area contributed by atoms with Gasteiger partial charge in [0.2, 0.25) is 5.91 Å². The number of nitrogens with one attached hydrogen (secondary N) is 2. The van der Waals surface area contributed by atoms with E-state index in [9.17, 15) is 22.8 Å². The van der Waals surface area contributed by atoms with Crippen LogP contribution in [-0.2, 0) is 4.79 Å². The van der Waals surface area contributed by atoms with Gasteiger partial charge in [-0.1, -0.05) is 30.3 Å². The Hall–Kier alpha value is -2.61. The second kappa shape index (κ2) is 10.1. The minimum atomic E-state index is -4.22. The van der Waals surface area contributed by atoms with Crippen LogP contribution in [-0.4, -0.2) is 56.1 Å². The minimum Gasteiger partial charge on any atom is -0.356 e. The highest BCUT2D eigenvalue weighted by molar-refractivity contribution is 5.98. The fraction of sp³-hybridized carbons (Fsp3) is 0.400. The predicted molar refractivity (Wildman–Crippen MR) is 102 cm³/mol. The summed E-state index contributed by atoms with van der Waals surface area (Å²) in [7, 11) is 1.39. The van der Waals surface area contributed by atoms with E-state index in [0.29, 0.717) is 18.5 Å². The average molecular weight is 395 g/mol. The molecule has 0 saturated heterocycles. The Morgan fingerprint density at radius 2 is 1.71 bits per heavy atom. The maximum Gasteiger partial charge on any atom is 0.401 e.